The van der Waals surface area contributed by atoms with Crippen molar-refractivity contribution in [3.05, 3.63) is 59.1 Å². The molecule has 1 aromatic heterocycles. The highest BCUT2D eigenvalue weighted by Crippen LogP contribution is 2.23. The van der Waals surface area contributed by atoms with Gasteiger partial charge in [0.15, 0.2) is 0 Å². The lowest BCUT2D eigenvalue weighted by molar-refractivity contribution is 0.602. The van der Waals surface area contributed by atoms with Gasteiger partial charge in [-0.3, -0.25) is 0 Å². The van der Waals surface area contributed by atoms with Gasteiger partial charge < -0.3 is 5.32 Å². The van der Waals surface area contributed by atoms with E-state index in [9.17, 15) is 8.78 Å². The van der Waals surface area contributed by atoms with E-state index in [4.69, 9.17) is 0 Å². The molecule has 1 heterocycles. The lowest BCUT2D eigenvalue weighted by Crippen LogP contribution is -2.01. The minimum absolute atomic E-state index is 0.152. The lowest BCUT2D eigenvalue weighted by atomic mass is 10.3. The van der Waals surface area contributed by atoms with E-state index < -0.39 is 11.6 Å². The number of nitrogens with zero attached hydrogens (tertiary/aromatic N) is 1. The Kier molecular flexibility index (Phi) is 3.13. The first-order valence-electron chi connectivity index (χ1n) is 5.76. The zero-order valence-corrected chi connectivity index (χ0v) is 10.7. The average molecular weight is 276 g/mol. The van der Waals surface area contributed by atoms with Gasteiger partial charge in [-0.2, -0.15) is 0 Å². The molecule has 1 N–H and O–H groups in total. The van der Waals surface area contributed by atoms with Crippen molar-refractivity contribution in [3.8, 4) is 0 Å². The fourth-order valence-electron chi connectivity index (χ4n) is 1.80. The molecule has 19 heavy (non-hydrogen) atoms. The Balaban J connectivity index is 1.80. The molecule has 96 valence electrons. The second kappa shape index (κ2) is 4.93. The Morgan fingerprint density at radius 3 is 2.79 bits per heavy atom. The highest BCUT2D eigenvalue weighted by Gasteiger charge is 2.06. The number of halogens is 2. The third kappa shape index (κ3) is 2.56. The van der Waals surface area contributed by atoms with Crippen LogP contribution < -0.4 is 5.32 Å². The summed E-state index contributed by atoms with van der Waals surface area (Å²) in [5.41, 5.74) is 1.07. The maximum absolute atomic E-state index is 13.4. The third-order valence-electron chi connectivity index (χ3n) is 2.70. The first kappa shape index (κ1) is 12.0. The van der Waals surface area contributed by atoms with Crippen molar-refractivity contribution in [2.24, 2.45) is 0 Å². The molecule has 0 unspecified atom stereocenters. The smallest absolute Gasteiger partial charge is 0.146 e. The summed E-state index contributed by atoms with van der Waals surface area (Å²) in [5, 5.41) is 3.70. The van der Waals surface area contributed by atoms with Gasteiger partial charge in [-0.15, -0.1) is 11.3 Å². The number of thiazole rings is 1. The number of rotatable bonds is 3. The SMILES string of the molecule is Fc1ccc(F)c(NCc2nc3ccccc3s2)c1. The maximum Gasteiger partial charge on any atom is 0.146 e. The number of fused-ring (bicyclic) bond motifs is 1. The van der Waals surface area contributed by atoms with Crippen LogP contribution in [-0.2, 0) is 6.54 Å². The molecule has 5 heteroatoms. The minimum Gasteiger partial charge on any atom is -0.376 e. The Morgan fingerprint density at radius 2 is 1.95 bits per heavy atom. The quantitative estimate of drug-likeness (QED) is 0.776. The van der Waals surface area contributed by atoms with Crippen LogP contribution in [-0.4, -0.2) is 4.98 Å². The molecule has 0 aliphatic heterocycles. The van der Waals surface area contributed by atoms with Gasteiger partial charge in [-0.25, -0.2) is 13.8 Å². The van der Waals surface area contributed by atoms with Crippen molar-refractivity contribution in [1.82, 2.24) is 4.98 Å². The van der Waals surface area contributed by atoms with Crippen LogP contribution in [0.1, 0.15) is 5.01 Å². The second-order valence-electron chi connectivity index (χ2n) is 4.05. The first-order chi connectivity index (χ1) is 9.22. The van der Waals surface area contributed by atoms with E-state index in [-0.39, 0.29) is 5.69 Å². The largest absolute Gasteiger partial charge is 0.376 e. The molecule has 0 spiro atoms. The van der Waals surface area contributed by atoms with Gasteiger partial charge >= 0.3 is 0 Å². The Morgan fingerprint density at radius 1 is 1.11 bits per heavy atom. The summed E-state index contributed by atoms with van der Waals surface area (Å²) in [7, 11) is 0. The third-order valence-corrected chi connectivity index (χ3v) is 3.73. The Labute approximate surface area is 112 Å². The van der Waals surface area contributed by atoms with Crippen LogP contribution in [0.3, 0.4) is 0 Å². The maximum atomic E-state index is 13.4. The Hall–Kier alpha value is -2.01. The average Bonchev–Trinajstić information content (AvgIpc) is 2.82. The van der Waals surface area contributed by atoms with Crippen molar-refractivity contribution in [2.45, 2.75) is 6.54 Å². The summed E-state index contributed by atoms with van der Waals surface area (Å²) in [4.78, 5) is 4.42. The molecule has 3 aromatic rings. The number of hydrogen-bond donors (Lipinski definition) is 1. The highest BCUT2D eigenvalue weighted by atomic mass is 32.1. The van der Waals surface area contributed by atoms with Crippen molar-refractivity contribution in [3.63, 3.8) is 0 Å². The van der Waals surface area contributed by atoms with Crippen LogP contribution in [0.5, 0.6) is 0 Å². The molecule has 2 nitrogen and oxygen atoms in total. The molecule has 0 radical (unpaired) electrons. The van der Waals surface area contributed by atoms with E-state index >= 15 is 0 Å². The summed E-state index contributed by atoms with van der Waals surface area (Å²) in [6.45, 7) is 0.375. The molecule has 0 fully saturated rings. The van der Waals surface area contributed by atoms with E-state index in [2.05, 4.69) is 10.3 Å². The normalized spacial score (nSPS) is 10.8. The first-order valence-corrected chi connectivity index (χ1v) is 6.57. The van der Waals surface area contributed by atoms with Crippen LogP contribution >= 0.6 is 11.3 Å². The topological polar surface area (TPSA) is 24.9 Å². The van der Waals surface area contributed by atoms with Crippen molar-refractivity contribution in [1.29, 1.82) is 0 Å². The molecule has 0 aliphatic carbocycles. The molecule has 2 aromatic carbocycles. The van der Waals surface area contributed by atoms with Gasteiger partial charge in [0.05, 0.1) is 22.4 Å². The number of nitrogens with one attached hydrogen (secondary N) is 1. The summed E-state index contributed by atoms with van der Waals surface area (Å²) in [6.07, 6.45) is 0. The van der Waals surface area contributed by atoms with Gasteiger partial charge in [0.2, 0.25) is 0 Å². The molecular formula is C14H10F2N2S. The van der Waals surface area contributed by atoms with E-state index in [1.54, 1.807) is 0 Å². The number of anilines is 1. The van der Waals surface area contributed by atoms with E-state index in [0.29, 0.717) is 6.54 Å². The summed E-state index contributed by atoms with van der Waals surface area (Å²) >= 11 is 1.54. The van der Waals surface area contributed by atoms with Crippen LogP contribution in [0.4, 0.5) is 14.5 Å². The predicted octanol–water partition coefficient (Wildman–Crippen LogP) is 4.19. The van der Waals surface area contributed by atoms with Gasteiger partial charge in [-0.1, -0.05) is 12.1 Å². The molecule has 0 aliphatic rings. The van der Waals surface area contributed by atoms with Crippen LogP contribution in [0.2, 0.25) is 0 Å². The van der Waals surface area contributed by atoms with Gasteiger partial charge in [-0.05, 0) is 30.3 Å². The molecule has 0 saturated heterocycles. The van der Waals surface area contributed by atoms with Crippen molar-refractivity contribution < 1.29 is 8.78 Å². The Bertz CT molecular complexity index is 691. The number of para-hydroxylation sites is 1. The summed E-state index contributed by atoms with van der Waals surface area (Å²) in [6, 6.07) is 11.1. The molecule has 3 rings (SSSR count). The van der Waals surface area contributed by atoms with Gasteiger partial charge in [0.25, 0.3) is 0 Å². The number of hydrogen-bond acceptors (Lipinski definition) is 3. The second-order valence-corrected chi connectivity index (χ2v) is 5.17. The monoisotopic (exact) mass is 276 g/mol. The number of benzene rings is 2. The molecular weight excluding hydrogens is 266 g/mol. The highest BCUT2D eigenvalue weighted by molar-refractivity contribution is 7.18. The molecule has 0 bridgehead atoms. The van der Waals surface area contributed by atoms with E-state index in [1.165, 1.54) is 11.3 Å². The standard InChI is InChI=1S/C14H10F2N2S/c15-9-5-6-10(16)12(7-9)17-8-14-18-11-3-1-2-4-13(11)19-14/h1-7,17H,8H2. The van der Waals surface area contributed by atoms with Gasteiger partial charge in [0.1, 0.15) is 16.6 Å². The predicted molar refractivity (Wildman–Crippen MR) is 73.3 cm³/mol. The number of aromatic nitrogens is 1. The van der Waals surface area contributed by atoms with E-state index in [1.807, 2.05) is 24.3 Å². The summed E-state index contributed by atoms with van der Waals surface area (Å²) in [5.74, 6) is -0.935. The lowest BCUT2D eigenvalue weighted by Gasteiger charge is -2.05. The fourth-order valence-corrected chi connectivity index (χ4v) is 2.71. The zero-order valence-electron chi connectivity index (χ0n) is 9.86. The van der Waals surface area contributed by atoms with Gasteiger partial charge in [0, 0.05) is 0 Å². The molecule has 0 saturated carbocycles. The molecule has 0 atom stereocenters. The van der Waals surface area contributed by atoms with Crippen molar-refractivity contribution in [2.75, 3.05) is 5.32 Å². The van der Waals surface area contributed by atoms with E-state index in [0.717, 1.165) is 33.4 Å². The van der Waals surface area contributed by atoms with Crippen LogP contribution in [0.25, 0.3) is 10.2 Å². The summed E-state index contributed by atoms with van der Waals surface area (Å²) < 4.78 is 27.5. The molecule has 0 amide bonds. The minimum atomic E-state index is -0.470. The van der Waals surface area contributed by atoms with Crippen LogP contribution in [0, 0.1) is 11.6 Å². The zero-order chi connectivity index (χ0) is 13.2. The van der Waals surface area contributed by atoms with Crippen molar-refractivity contribution >= 4 is 27.2 Å². The van der Waals surface area contributed by atoms with Crippen LogP contribution in [0.15, 0.2) is 42.5 Å². The fraction of sp³-hybridized carbons (Fsp3) is 0.0714.